The fourth-order valence-corrected chi connectivity index (χ4v) is 2.05. The first kappa shape index (κ1) is 19.9. The van der Waals surface area contributed by atoms with Crippen LogP contribution in [-0.4, -0.2) is 30.6 Å². The molecular formula is C10H19Cl2N3O2S. The van der Waals surface area contributed by atoms with E-state index in [-0.39, 0.29) is 43.3 Å². The first-order valence-electron chi connectivity index (χ1n) is 5.03. The van der Waals surface area contributed by atoms with Gasteiger partial charge < -0.3 is 15.8 Å². The standard InChI is InChI=1S/C10H17N3O2S.2ClH/c1-6-5-16-10(12-6)7(2)13-9(14)8(4-11)15-3;;/h5,7-8H,4,11H2,1-3H3,(H,13,14);2*1H. The van der Waals surface area contributed by atoms with Crippen molar-refractivity contribution in [2.45, 2.75) is 26.0 Å². The molecule has 1 heterocycles. The largest absolute Gasteiger partial charge is 0.370 e. The molecule has 0 saturated carbocycles. The lowest BCUT2D eigenvalue weighted by atomic mass is 10.3. The van der Waals surface area contributed by atoms with Gasteiger partial charge in [0.1, 0.15) is 11.1 Å². The van der Waals surface area contributed by atoms with Gasteiger partial charge in [0.25, 0.3) is 5.91 Å². The quantitative estimate of drug-likeness (QED) is 0.862. The van der Waals surface area contributed by atoms with Crippen LogP contribution in [0.4, 0.5) is 0 Å². The number of amides is 1. The molecule has 18 heavy (non-hydrogen) atoms. The molecule has 8 heteroatoms. The molecule has 5 nitrogen and oxygen atoms in total. The van der Waals surface area contributed by atoms with Crippen molar-refractivity contribution < 1.29 is 9.53 Å². The molecule has 1 rings (SSSR count). The minimum atomic E-state index is -0.594. The number of aryl methyl sites for hydroxylation is 1. The summed E-state index contributed by atoms with van der Waals surface area (Å²) in [7, 11) is 1.47. The van der Waals surface area contributed by atoms with Gasteiger partial charge in [-0.25, -0.2) is 4.98 Å². The molecule has 0 aromatic carbocycles. The molecule has 2 unspecified atom stereocenters. The van der Waals surface area contributed by atoms with Gasteiger partial charge in [-0.15, -0.1) is 36.2 Å². The molecule has 106 valence electrons. The van der Waals surface area contributed by atoms with E-state index in [2.05, 4.69) is 10.3 Å². The summed E-state index contributed by atoms with van der Waals surface area (Å²) in [5.74, 6) is -0.203. The van der Waals surface area contributed by atoms with E-state index >= 15 is 0 Å². The zero-order valence-electron chi connectivity index (χ0n) is 10.5. The summed E-state index contributed by atoms with van der Waals surface area (Å²) >= 11 is 1.53. The topological polar surface area (TPSA) is 77.2 Å². The van der Waals surface area contributed by atoms with Gasteiger partial charge in [-0.3, -0.25) is 4.79 Å². The highest BCUT2D eigenvalue weighted by atomic mass is 35.5. The third kappa shape index (κ3) is 5.49. The number of thiazole rings is 1. The molecule has 0 saturated heterocycles. The minimum Gasteiger partial charge on any atom is -0.370 e. The molecule has 3 N–H and O–H groups in total. The molecule has 0 aliphatic rings. The maximum atomic E-state index is 11.7. The van der Waals surface area contributed by atoms with Crippen molar-refractivity contribution in [3.63, 3.8) is 0 Å². The van der Waals surface area contributed by atoms with Gasteiger partial charge in [0, 0.05) is 24.7 Å². The number of hydrogen-bond donors (Lipinski definition) is 2. The number of nitrogens with one attached hydrogen (secondary N) is 1. The highest BCUT2D eigenvalue weighted by Gasteiger charge is 2.19. The molecule has 2 atom stereocenters. The first-order valence-corrected chi connectivity index (χ1v) is 5.91. The van der Waals surface area contributed by atoms with Crippen LogP contribution in [0.2, 0.25) is 0 Å². The first-order chi connectivity index (χ1) is 7.58. The second-order valence-corrected chi connectivity index (χ2v) is 4.41. The number of hydrogen-bond acceptors (Lipinski definition) is 5. The van der Waals surface area contributed by atoms with E-state index in [9.17, 15) is 4.79 Å². The van der Waals surface area contributed by atoms with Crippen LogP contribution in [0.5, 0.6) is 0 Å². The van der Waals surface area contributed by atoms with Crippen LogP contribution in [0.15, 0.2) is 5.38 Å². The molecular weight excluding hydrogens is 297 g/mol. The third-order valence-electron chi connectivity index (χ3n) is 2.16. The van der Waals surface area contributed by atoms with Crippen LogP contribution >= 0.6 is 36.2 Å². The summed E-state index contributed by atoms with van der Waals surface area (Å²) < 4.78 is 4.95. The zero-order chi connectivity index (χ0) is 12.1. The Bertz CT molecular complexity index is 359. The summed E-state index contributed by atoms with van der Waals surface area (Å²) in [5.41, 5.74) is 6.37. The molecule has 0 aliphatic heterocycles. The van der Waals surface area contributed by atoms with E-state index in [4.69, 9.17) is 10.5 Å². The second-order valence-electron chi connectivity index (χ2n) is 3.52. The van der Waals surface area contributed by atoms with Crippen molar-refractivity contribution in [1.82, 2.24) is 10.3 Å². The van der Waals surface area contributed by atoms with Gasteiger partial charge in [-0.2, -0.15) is 0 Å². The summed E-state index contributed by atoms with van der Waals surface area (Å²) in [6, 6.07) is -0.115. The summed E-state index contributed by atoms with van der Waals surface area (Å²) in [4.78, 5) is 16.0. The minimum absolute atomic E-state index is 0. The van der Waals surface area contributed by atoms with Crippen LogP contribution in [-0.2, 0) is 9.53 Å². The van der Waals surface area contributed by atoms with Crippen molar-refractivity contribution in [2.75, 3.05) is 13.7 Å². The number of ether oxygens (including phenoxy) is 1. The van der Waals surface area contributed by atoms with Crippen molar-refractivity contribution in [2.24, 2.45) is 5.73 Å². The van der Waals surface area contributed by atoms with Crippen LogP contribution in [0.25, 0.3) is 0 Å². The Morgan fingerprint density at radius 3 is 2.61 bits per heavy atom. The molecule has 1 aromatic heterocycles. The molecule has 0 bridgehead atoms. The smallest absolute Gasteiger partial charge is 0.250 e. The molecule has 0 spiro atoms. The van der Waals surface area contributed by atoms with Gasteiger partial charge >= 0.3 is 0 Å². The number of methoxy groups -OCH3 is 1. The van der Waals surface area contributed by atoms with Crippen LogP contribution in [0.3, 0.4) is 0 Å². The van der Waals surface area contributed by atoms with Crippen molar-refractivity contribution >= 4 is 42.1 Å². The Morgan fingerprint density at radius 1 is 1.61 bits per heavy atom. The SMILES string of the molecule is COC(CN)C(=O)NC(C)c1nc(C)cs1.Cl.Cl. The van der Waals surface area contributed by atoms with Gasteiger partial charge in [0.15, 0.2) is 0 Å². The average Bonchev–Trinajstić information content (AvgIpc) is 2.66. The van der Waals surface area contributed by atoms with Gasteiger partial charge in [0.05, 0.1) is 6.04 Å². The van der Waals surface area contributed by atoms with E-state index in [0.717, 1.165) is 10.7 Å². The van der Waals surface area contributed by atoms with E-state index in [1.165, 1.54) is 18.4 Å². The van der Waals surface area contributed by atoms with E-state index in [1.807, 2.05) is 19.2 Å². The molecule has 0 fully saturated rings. The lowest BCUT2D eigenvalue weighted by molar-refractivity contribution is -0.131. The van der Waals surface area contributed by atoms with Crippen LogP contribution in [0, 0.1) is 6.92 Å². The Morgan fingerprint density at radius 2 is 2.22 bits per heavy atom. The summed E-state index contributed by atoms with van der Waals surface area (Å²) in [5, 5.41) is 5.66. The maximum absolute atomic E-state index is 11.7. The Balaban J connectivity index is 0. The van der Waals surface area contributed by atoms with Crippen molar-refractivity contribution in [1.29, 1.82) is 0 Å². The fourth-order valence-electron chi connectivity index (χ4n) is 1.25. The van der Waals surface area contributed by atoms with Crippen molar-refractivity contribution in [3.05, 3.63) is 16.1 Å². The fraction of sp³-hybridized carbons (Fsp3) is 0.600. The zero-order valence-corrected chi connectivity index (χ0v) is 13.0. The van der Waals surface area contributed by atoms with Gasteiger partial charge in [-0.05, 0) is 13.8 Å². The maximum Gasteiger partial charge on any atom is 0.250 e. The number of nitrogens with two attached hydrogens (primary N) is 1. The predicted molar refractivity (Wildman–Crippen MR) is 77.8 cm³/mol. The Labute approximate surface area is 123 Å². The number of carbonyl (C=O) groups excluding carboxylic acids is 1. The summed E-state index contributed by atoms with van der Waals surface area (Å²) in [6.45, 7) is 3.98. The van der Waals surface area contributed by atoms with E-state index < -0.39 is 6.10 Å². The Kier molecular flexibility index (Phi) is 10.5. The van der Waals surface area contributed by atoms with Crippen LogP contribution < -0.4 is 11.1 Å². The predicted octanol–water partition coefficient (Wildman–Crippen LogP) is 1.45. The number of halogens is 2. The number of carbonyl (C=O) groups is 1. The summed E-state index contributed by atoms with van der Waals surface area (Å²) in [6.07, 6.45) is -0.594. The van der Waals surface area contributed by atoms with Crippen molar-refractivity contribution in [3.8, 4) is 0 Å². The Hall–Kier alpha value is -0.400. The molecule has 1 aromatic rings. The highest BCUT2D eigenvalue weighted by Crippen LogP contribution is 2.17. The third-order valence-corrected chi connectivity index (χ3v) is 3.30. The average molecular weight is 316 g/mol. The molecule has 0 aliphatic carbocycles. The highest BCUT2D eigenvalue weighted by molar-refractivity contribution is 7.09. The van der Waals surface area contributed by atoms with Crippen LogP contribution in [0.1, 0.15) is 23.7 Å². The van der Waals surface area contributed by atoms with E-state index in [1.54, 1.807) is 0 Å². The van der Waals surface area contributed by atoms with E-state index in [0.29, 0.717) is 0 Å². The monoisotopic (exact) mass is 315 g/mol. The lowest BCUT2D eigenvalue weighted by Crippen LogP contribution is -2.41. The lowest BCUT2D eigenvalue weighted by Gasteiger charge is -2.16. The van der Waals surface area contributed by atoms with Gasteiger partial charge in [-0.1, -0.05) is 0 Å². The second kappa shape index (κ2) is 9.52. The number of nitrogens with zero attached hydrogens (tertiary/aromatic N) is 1. The molecule has 1 amide bonds. The normalized spacial score (nSPS) is 12.9. The van der Waals surface area contributed by atoms with Gasteiger partial charge in [0.2, 0.25) is 0 Å². The number of rotatable bonds is 5. The molecule has 0 radical (unpaired) electrons. The number of aromatic nitrogens is 1.